The summed E-state index contributed by atoms with van der Waals surface area (Å²) in [6, 6.07) is 19.4. The molecule has 0 unspecified atom stereocenters. The summed E-state index contributed by atoms with van der Waals surface area (Å²) in [4.78, 5) is 13.3. The Kier molecular flexibility index (Phi) is 4.52. The van der Waals surface area contributed by atoms with E-state index in [1.165, 1.54) is 11.8 Å². The van der Waals surface area contributed by atoms with Crippen LogP contribution in [0, 0.1) is 0 Å². The fourth-order valence-electron chi connectivity index (χ4n) is 3.22. The zero-order valence-electron chi connectivity index (χ0n) is 15.6. The highest BCUT2D eigenvalue weighted by atomic mass is 32.2. The van der Waals surface area contributed by atoms with Gasteiger partial charge >= 0.3 is 0 Å². The average molecular weight is 379 g/mol. The van der Waals surface area contributed by atoms with Crippen LogP contribution in [0.3, 0.4) is 0 Å². The first kappa shape index (κ1) is 17.8. The van der Waals surface area contributed by atoms with Gasteiger partial charge in [-0.25, -0.2) is 4.68 Å². The smallest absolute Gasteiger partial charge is 0.210 e. The van der Waals surface area contributed by atoms with Crippen LogP contribution in [0.15, 0.2) is 65.8 Å². The van der Waals surface area contributed by atoms with Crippen LogP contribution in [0.1, 0.15) is 48.6 Å². The summed E-state index contributed by atoms with van der Waals surface area (Å²) in [5.41, 5.74) is 5.14. The highest BCUT2D eigenvalue weighted by molar-refractivity contribution is 8.00. The zero-order valence-corrected chi connectivity index (χ0v) is 16.4. The van der Waals surface area contributed by atoms with Gasteiger partial charge in [0.25, 0.3) is 0 Å². The third kappa shape index (κ3) is 3.37. The molecule has 2 aromatic carbocycles. The lowest BCUT2D eigenvalue weighted by Crippen LogP contribution is -2.40. The summed E-state index contributed by atoms with van der Waals surface area (Å²) >= 11 is 1.48. The van der Waals surface area contributed by atoms with Crippen LogP contribution in [0.2, 0.25) is 0 Å². The van der Waals surface area contributed by atoms with Gasteiger partial charge in [-0.1, -0.05) is 93.2 Å². The van der Waals surface area contributed by atoms with Crippen molar-refractivity contribution in [3.8, 4) is 0 Å². The number of fused-ring (bicyclic) bond motifs is 1. The number of thioether (sulfide) groups is 1. The largest absolute Gasteiger partial charge is 0.313 e. The van der Waals surface area contributed by atoms with Gasteiger partial charge < -0.3 is 5.43 Å². The Morgan fingerprint density at radius 2 is 1.63 bits per heavy atom. The molecule has 0 aliphatic carbocycles. The van der Waals surface area contributed by atoms with Gasteiger partial charge in [0.2, 0.25) is 5.16 Å². The van der Waals surface area contributed by atoms with Gasteiger partial charge in [-0.3, -0.25) is 4.79 Å². The van der Waals surface area contributed by atoms with Crippen LogP contribution < -0.4 is 5.43 Å². The molecule has 0 spiro atoms. The van der Waals surface area contributed by atoms with Gasteiger partial charge in [-0.2, -0.15) is 0 Å². The second-order valence-electron chi connectivity index (χ2n) is 7.68. The molecular weight excluding hydrogens is 356 g/mol. The molecule has 138 valence electrons. The van der Waals surface area contributed by atoms with E-state index in [2.05, 4.69) is 48.5 Å². The molecule has 6 heteroatoms. The quantitative estimate of drug-likeness (QED) is 0.692. The molecule has 0 saturated carbocycles. The summed E-state index contributed by atoms with van der Waals surface area (Å²) in [5, 5.41) is 9.12. The SMILES string of the molecule is CC(C)(C)c1nnc2n1N[C@H](c1ccccc1)[C@H](C(=O)c1ccccc1)S2. The fraction of sp³-hybridized carbons (Fsp3) is 0.286. The molecule has 1 aromatic heterocycles. The second kappa shape index (κ2) is 6.85. The van der Waals surface area contributed by atoms with Crippen LogP contribution in [-0.4, -0.2) is 25.9 Å². The minimum Gasteiger partial charge on any atom is -0.313 e. The third-order valence-corrected chi connectivity index (χ3v) is 5.80. The zero-order chi connectivity index (χ0) is 19.0. The van der Waals surface area contributed by atoms with E-state index in [1.807, 2.05) is 53.2 Å². The van der Waals surface area contributed by atoms with Crippen molar-refractivity contribution in [1.29, 1.82) is 0 Å². The highest BCUT2D eigenvalue weighted by Gasteiger charge is 2.39. The molecule has 3 aromatic rings. The van der Waals surface area contributed by atoms with E-state index in [0.29, 0.717) is 5.56 Å². The molecule has 27 heavy (non-hydrogen) atoms. The first-order valence-corrected chi connectivity index (χ1v) is 9.86. The lowest BCUT2D eigenvalue weighted by atomic mass is 9.95. The fourth-order valence-corrected chi connectivity index (χ4v) is 4.37. The monoisotopic (exact) mass is 378 g/mol. The van der Waals surface area contributed by atoms with Gasteiger partial charge in [0.15, 0.2) is 11.6 Å². The third-order valence-electron chi connectivity index (χ3n) is 4.58. The van der Waals surface area contributed by atoms with Crippen molar-refractivity contribution < 1.29 is 4.79 Å². The van der Waals surface area contributed by atoms with Crippen molar-refractivity contribution in [1.82, 2.24) is 14.9 Å². The van der Waals surface area contributed by atoms with Crippen LogP contribution in [0.4, 0.5) is 0 Å². The molecule has 4 rings (SSSR count). The van der Waals surface area contributed by atoms with Crippen molar-refractivity contribution in [2.24, 2.45) is 0 Å². The maximum atomic E-state index is 13.3. The molecule has 2 atom stereocenters. The minimum absolute atomic E-state index is 0.0912. The van der Waals surface area contributed by atoms with E-state index < -0.39 is 0 Å². The molecule has 1 aliphatic rings. The number of rotatable bonds is 3. The van der Waals surface area contributed by atoms with E-state index in [1.54, 1.807) is 0 Å². The first-order chi connectivity index (χ1) is 12.9. The summed E-state index contributed by atoms with van der Waals surface area (Å²) in [5.74, 6) is 0.949. The molecule has 0 saturated heterocycles. The first-order valence-electron chi connectivity index (χ1n) is 8.98. The molecule has 2 heterocycles. The van der Waals surface area contributed by atoms with Crippen LogP contribution >= 0.6 is 11.8 Å². The van der Waals surface area contributed by atoms with E-state index >= 15 is 0 Å². The van der Waals surface area contributed by atoms with Crippen LogP contribution in [0.25, 0.3) is 0 Å². The van der Waals surface area contributed by atoms with Gasteiger partial charge in [-0.15, -0.1) is 10.2 Å². The number of benzene rings is 2. The van der Waals surface area contributed by atoms with Crippen molar-refractivity contribution in [2.75, 3.05) is 5.43 Å². The molecule has 0 amide bonds. The summed E-state index contributed by atoms with van der Waals surface area (Å²) < 4.78 is 1.94. The maximum absolute atomic E-state index is 13.3. The Morgan fingerprint density at radius 3 is 2.26 bits per heavy atom. The number of hydrogen-bond donors (Lipinski definition) is 1. The number of Topliss-reactive ketones (excluding diaryl/α,β-unsaturated/α-hetero) is 1. The lowest BCUT2D eigenvalue weighted by Gasteiger charge is -2.34. The highest BCUT2D eigenvalue weighted by Crippen LogP contribution is 2.39. The average Bonchev–Trinajstić information content (AvgIpc) is 3.11. The summed E-state index contributed by atoms with van der Waals surface area (Å²) in [6.45, 7) is 6.32. The number of ketones is 1. The number of nitrogens with one attached hydrogen (secondary N) is 1. The van der Waals surface area contributed by atoms with Crippen molar-refractivity contribution in [3.05, 3.63) is 77.6 Å². The molecule has 0 bridgehead atoms. The maximum Gasteiger partial charge on any atom is 0.210 e. The van der Waals surface area contributed by atoms with E-state index in [0.717, 1.165) is 16.5 Å². The van der Waals surface area contributed by atoms with E-state index in [9.17, 15) is 4.79 Å². The predicted octanol–water partition coefficient (Wildman–Crippen LogP) is 4.22. The Labute approximate surface area is 163 Å². The van der Waals surface area contributed by atoms with Gasteiger partial charge in [0.05, 0.1) is 6.04 Å². The number of carbonyl (C=O) groups is 1. The molecule has 1 aliphatic heterocycles. The Balaban J connectivity index is 1.78. The van der Waals surface area contributed by atoms with E-state index in [4.69, 9.17) is 0 Å². The number of nitrogens with zero attached hydrogens (tertiary/aromatic N) is 3. The standard InChI is InChI=1S/C21H22N4OS/c1-21(2,3)19-22-23-20-25(19)24-16(14-10-6-4-7-11-14)18(27-20)17(26)15-12-8-5-9-13-15/h4-13,16,18,24H,1-3H3/t16-,18-/m1/s1. The summed E-state index contributed by atoms with van der Waals surface area (Å²) in [7, 11) is 0. The lowest BCUT2D eigenvalue weighted by molar-refractivity contribution is 0.0980. The topological polar surface area (TPSA) is 59.8 Å². The number of hydrogen-bond acceptors (Lipinski definition) is 5. The molecule has 0 fully saturated rings. The molecule has 5 nitrogen and oxygen atoms in total. The Bertz CT molecular complexity index is 947. The Morgan fingerprint density at radius 1 is 1.00 bits per heavy atom. The van der Waals surface area contributed by atoms with Crippen molar-refractivity contribution in [2.45, 2.75) is 42.6 Å². The minimum atomic E-state index is -0.320. The predicted molar refractivity (Wildman–Crippen MR) is 108 cm³/mol. The van der Waals surface area contributed by atoms with Gasteiger partial charge in [0, 0.05) is 11.0 Å². The summed E-state index contributed by atoms with van der Waals surface area (Å²) in [6.07, 6.45) is 0. The number of carbonyl (C=O) groups excluding carboxylic acids is 1. The molecule has 0 radical (unpaired) electrons. The van der Waals surface area contributed by atoms with E-state index in [-0.39, 0.29) is 22.5 Å². The number of aromatic nitrogens is 3. The van der Waals surface area contributed by atoms with Crippen molar-refractivity contribution >= 4 is 17.5 Å². The Hall–Kier alpha value is -2.60. The second-order valence-corrected chi connectivity index (χ2v) is 8.79. The van der Waals surface area contributed by atoms with Crippen LogP contribution in [0.5, 0.6) is 0 Å². The van der Waals surface area contributed by atoms with Gasteiger partial charge in [-0.05, 0) is 5.56 Å². The van der Waals surface area contributed by atoms with Crippen LogP contribution in [-0.2, 0) is 5.41 Å². The van der Waals surface area contributed by atoms with Gasteiger partial charge in [0.1, 0.15) is 5.25 Å². The normalized spacial score (nSPS) is 19.2. The molecule has 1 N–H and O–H groups in total. The molecular formula is C21H22N4OS. The van der Waals surface area contributed by atoms with Crippen molar-refractivity contribution in [3.63, 3.8) is 0 Å².